The van der Waals surface area contributed by atoms with Crippen molar-refractivity contribution >= 4 is 23.4 Å². The lowest BCUT2D eigenvalue weighted by Crippen LogP contribution is -1.86. The van der Waals surface area contributed by atoms with Crippen LogP contribution in [0.2, 0.25) is 0 Å². The fourth-order valence-electron chi connectivity index (χ4n) is 1.65. The molecule has 15 heavy (non-hydrogen) atoms. The molecule has 0 heterocycles. The maximum atomic E-state index is 8.81. The number of thiol groups is 1. The molecule has 74 valence electrons. The fourth-order valence-corrected chi connectivity index (χ4v) is 1.91. The molecule has 0 aromatic heterocycles. The first-order valence-corrected chi connectivity index (χ1v) is 5.50. The van der Waals surface area contributed by atoms with Crippen molar-refractivity contribution in [1.82, 2.24) is 0 Å². The van der Waals surface area contributed by atoms with Gasteiger partial charge in [-0.25, -0.2) is 0 Å². The molecule has 0 fully saturated rings. The Kier molecular flexibility index (Phi) is 2.94. The average Bonchev–Trinajstić information content (AvgIpc) is 2.28. The number of hydrogen-bond acceptors (Lipinski definition) is 2. The lowest BCUT2D eigenvalue weighted by molar-refractivity contribution is 1.17. The van der Waals surface area contributed by atoms with E-state index in [0.29, 0.717) is 5.56 Å². The van der Waals surface area contributed by atoms with Gasteiger partial charge in [0.15, 0.2) is 0 Å². The zero-order chi connectivity index (χ0) is 10.7. The minimum Gasteiger partial charge on any atom is -0.192 e. The number of nitrogens with zero attached hydrogens (tertiary/aromatic N) is 1. The van der Waals surface area contributed by atoms with Crippen molar-refractivity contribution in [2.45, 2.75) is 6.42 Å². The molecule has 2 aromatic carbocycles. The Morgan fingerprint density at radius 3 is 2.60 bits per heavy atom. The molecule has 0 atom stereocenters. The predicted octanol–water partition coefficient (Wildman–Crippen LogP) is 3.18. The van der Waals surface area contributed by atoms with E-state index in [1.54, 1.807) is 0 Å². The number of rotatable bonds is 2. The van der Waals surface area contributed by atoms with Gasteiger partial charge < -0.3 is 0 Å². The summed E-state index contributed by atoms with van der Waals surface area (Å²) in [6, 6.07) is 14.3. The van der Waals surface area contributed by atoms with Gasteiger partial charge in [0.2, 0.25) is 0 Å². The second-order valence-corrected chi connectivity index (χ2v) is 3.93. The highest BCUT2D eigenvalue weighted by Gasteiger charge is 1.97. The van der Waals surface area contributed by atoms with Gasteiger partial charge >= 0.3 is 0 Å². The van der Waals surface area contributed by atoms with Gasteiger partial charge in [0.25, 0.3) is 0 Å². The Morgan fingerprint density at radius 2 is 1.87 bits per heavy atom. The Labute approximate surface area is 94.8 Å². The lowest BCUT2D eigenvalue weighted by atomic mass is 10.0. The van der Waals surface area contributed by atoms with Crippen LogP contribution in [0.15, 0.2) is 36.4 Å². The summed E-state index contributed by atoms with van der Waals surface area (Å²) >= 11 is 4.21. The second-order valence-electron chi connectivity index (χ2n) is 3.48. The van der Waals surface area contributed by atoms with Gasteiger partial charge in [-0.05, 0) is 40.6 Å². The smallest absolute Gasteiger partial charge is 0.0991 e. The van der Waals surface area contributed by atoms with Crippen LogP contribution in [0.4, 0.5) is 0 Å². The summed E-state index contributed by atoms with van der Waals surface area (Å²) in [4.78, 5) is 0. The Morgan fingerprint density at radius 1 is 1.07 bits per heavy atom. The molecule has 2 heteroatoms. The number of benzene rings is 2. The minimum atomic E-state index is 0.713. The van der Waals surface area contributed by atoms with E-state index in [1.807, 2.05) is 18.2 Å². The largest absolute Gasteiger partial charge is 0.192 e. The van der Waals surface area contributed by atoms with Crippen LogP contribution in [0, 0.1) is 11.3 Å². The van der Waals surface area contributed by atoms with Crippen LogP contribution in [0.25, 0.3) is 10.8 Å². The van der Waals surface area contributed by atoms with Crippen LogP contribution < -0.4 is 0 Å². The summed E-state index contributed by atoms with van der Waals surface area (Å²) in [5.41, 5.74) is 1.98. The molecule has 0 radical (unpaired) electrons. The van der Waals surface area contributed by atoms with Crippen molar-refractivity contribution in [1.29, 1.82) is 5.26 Å². The Hall–Kier alpha value is -1.46. The molecule has 0 aliphatic heterocycles. The van der Waals surface area contributed by atoms with Crippen molar-refractivity contribution in [3.8, 4) is 6.07 Å². The molecule has 1 nitrogen and oxygen atoms in total. The average molecular weight is 213 g/mol. The van der Waals surface area contributed by atoms with Crippen molar-refractivity contribution in [3.05, 3.63) is 47.5 Å². The van der Waals surface area contributed by atoms with Crippen LogP contribution in [0.1, 0.15) is 11.1 Å². The van der Waals surface area contributed by atoms with E-state index < -0.39 is 0 Å². The van der Waals surface area contributed by atoms with Crippen LogP contribution in [0.5, 0.6) is 0 Å². The summed E-state index contributed by atoms with van der Waals surface area (Å²) in [5, 5.41) is 11.1. The molecular formula is C13H11NS. The van der Waals surface area contributed by atoms with E-state index in [4.69, 9.17) is 5.26 Å². The maximum Gasteiger partial charge on any atom is 0.0991 e. The highest BCUT2D eigenvalue weighted by Crippen LogP contribution is 2.18. The van der Waals surface area contributed by atoms with E-state index in [1.165, 1.54) is 10.9 Å². The molecule has 0 saturated carbocycles. The zero-order valence-electron chi connectivity index (χ0n) is 8.27. The fraction of sp³-hybridized carbons (Fsp3) is 0.154. The highest BCUT2D eigenvalue weighted by molar-refractivity contribution is 7.80. The first kappa shape index (κ1) is 10.1. The molecular weight excluding hydrogens is 202 g/mol. The summed E-state index contributed by atoms with van der Waals surface area (Å²) in [6.45, 7) is 0. The summed E-state index contributed by atoms with van der Waals surface area (Å²) in [6.07, 6.45) is 0.968. The molecule has 0 N–H and O–H groups in total. The standard InChI is InChI=1S/C13H11NS/c14-9-11-2-4-12-3-1-10(5-6-15)7-13(12)8-11/h1-4,7-8,15H,5-6H2. The van der Waals surface area contributed by atoms with E-state index >= 15 is 0 Å². The van der Waals surface area contributed by atoms with E-state index in [2.05, 4.69) is 36.9 Å². The van der Waals surface area contributed by atoms with Crippen LogP contribution in [0.3, 0.4) is 0 Å². The van der Waals surface area contributed by atoms with E-state index in [0.717, 1.165) is 17.6 Å². The van der Waals surface area contributed by atoms with Crippen LogP contribution in [-0.2, 0) is 6.42 Å². The summed E-state index contributed by atoms with van der Waals surface area (Å²) in [5.74, 6) is 0.851. The first-order valence-electron chi connectivity index (χ1n) is 4.87. The normalized spacial score (nSPS) is 10.1. The van der Waals surface area contributed by atoms with Gasteiger partial charge in [-0.2, -0.15) is 17.9 Å². The third kappa shape index (κ3) is 2.14. The Bertz CT molecular complexity index is 526. The van der Waals surface area contributed by atoms with E-state index in [-0.39, 0.29) is 0 Å². The van der Waals surface area contributed by atoms with Crippen LogP contribution in [-0.4, -0.2) is 5.75 Å². The van der Waals surface area contributed by atoms with Crippen molar-refractivity contribution in [2.75, 3.05) is 5.75 Å². The van der Waals surface area contributed by atoms with E-state index in [9.17, 15) is 0 Å². The van der Waals surface area contributed by atoms with Crippen molar-refractivity contribution < 1.29 is 0 Å². The summed E-state index contributed by atoms with van der Waals surface area (Å²) in [7, 11) is 0. The van der Waals surface area contributed by atoms with Gasteiger partial charge in [-0.15, -0.1) is 0 Å². The van der Waals surface area contributed by atoms with Crippen molar-refractivity contribution in [2.24, 2.45) is 0 Å². The number of hydrogen-bond donors (Lipinski definition) is 1. The van der Waals surface area contributed by atoms with Crippen molar-refractivity contribution in [3.63, 3.8) is 0 Å². The Balaban J connectivity index is 2.54. The SMILES string of the molecule is N#Cc1ccc2ccc(CCS)cc2c1. The van der Waals surface area contributed by atoms with Gasteiger partial charge in [-0.3, -0.25) is 0 Å². The zero-order valence-corrected chi connectivity index (χ0v) is 9.17. The summed E-state index contributed by atoms with van der Waals surface area (Å²) < 4.78 is 0. The minimum absolute atomic E-state index is 0.713. The molecule has 0 aliphatic carbocycles. The maximum absolute atomic E-state index is 8.81. The molecule has 0 amide bonds. The number of aryl methyl sites for hydroxylation is 1. The molecule has 0 saturated heterocycles. The molecule has 0 unspecified atom stereocenters. The molecule has 0 aliphatic rings. The lowest BCUT2D eigenvalue weighted by Gasteiger charge is -2.02. The second kappa shape index (κ2) is 4.37. The predicted molar refractivity (Wildman–Crippen MR) is 66.2 cm³/mol. The topological polar surface area (TPSA) is 23.8 Å². The number of fused-ring (bicyclic) bond motifs is 1. The first-order chi connectivity index (χ1) is 7.33. The molecule has 2 aromatic rings. The molecule has 0 bridgehead atoms. The molecule has 0 spiro atoms. The molecule has 2 rings (SSSR count). The quantitative estimate of drug-likeness (QED) is 0.761. The monoisotopic (exact) mass is 213 g/mol. The van der Waals surface area contributed by atoms with Gasteiger partial charge in [0, 0.05) is 0 Å². The van der Waals surface area contributed by atoms with Gasteiger partial charge in [-0.1, -0.05) is 24.3 Å². The van der Waals surface area contributed by atoms with Gasteiger partial charge in [0.05, 0.1) is 11.6 Å². The van der Waals surface area contributed by atoms with Gasteiger partial charge in [0.1, 0.15) is 0 Å². The number of nitriles is 1. The third-order valence-corrected chi connectivity index (χ3v) is 2.66. The highest BCUT2D eigenvalue weighted by atomic mass is 32.1. The third-order valence-electron chi connectivity index (χ3n) is 2.43. The van der Waals surface area contributed by atoms with Crippen LogP contribution >= 0.6 is 12.6 Å².